The van der Waals surface area contributed by atoms with Crippen molar-refractivity contribution in [2.75, 3.05) is 11.4 Å². The van der Waals surface area contributed by atoms with Gasteiger partial charge in [0.05, 0.1) is 0 Å². The fourth-order valence-electron chi connectivity index (χ4n) is 2.55. The fraction of sp³-hybridized carbons (Fsp3) is 0.250. The third kappa shape index (κ3) is 1.82. The number of rotatable bonds is 2. The second kappa shape index (κ2) is 4.25. The standard InChI is InChI=1S/C16H17N/c1-2-13-6-5-8-15(12-13)17-11-10-14-7-3-4-9-16(14)17/h3-9,12H,2,10-11H2,1H3. The lowest BCUT2D eigenvalue weighted by Gasteiger charge is -2.20. The van der Waals surface area contributed by atoms with Gasteiger partial charge in [0.25, 0.3) is 0 Å². The molecule has 0 spiro atoms. The normalized spacial score (nSPS) is 13.8. The molecule has 1 heterocycles. The van der Waals surface area contributed by atoms with E-state index in [9.17, 15) is 0 Å². The molecule has 0 saturated carbocycles. The Morgan fingerprint density at radius 2 is 1.94 bits per heavy atom. The zero-order valence-electron chi connectivity index (χ0n) is 10.2. The minimum Gasteiger partial charge on any atom is -0.341 e. The van der Waals surface area contributed by atoms with E-state index in [1.165, 1.54) is 22.5 Å². The predicted octanol–water partition coefficient (Wildman–Crippen LogP) is 3.94. The Kier molecular flexibility index (Phi) is 2.60. The molecule has 1 aliphatic heterocycles. The van der Waals surface area contributed by atoms with Gasteiger partial charge in [0.15, 0.2) is 0 Å². The first-order chi connectivity index (χ1) is 8.38. The van der Waals surface area contributed by atoms with Crippen LogP contribution in [0.2, 0.25) is 0 Å². The van der Waals surface area contributed by atoms with E-state index >= 15 is 0 Å². The SMILES string of the molecule is CCc1cccc(N2CCc3ccccc32)c1. The van der Waals surface area contributed by atoms with Crippen LogP contribution >= 0.6 is 0 Å². The third-order valence-corrected chi connectivity index (χ3v) is 3.52. The van der Waals surface area contributed by atoms with Gasteiger partial charge in [0.1, 0.15) is 0 Å². The van der Waals surface area contributed by atoms with Crippen LogP contribution in [0.4, 0.5) is 11.4 Å². The molecule has 3 rings (SSSR count). The summed E-state index contributed by atoms with van der Waals surface area (Å²) in [6.45, 7) is 3.31. The molecule has 86 valence electrons. The first-order valence-electron chi connectivity index (χ1n) is 6.33. The number of fused-ring (bicyclic) bond motifs is 1. The fourth-order valence-corrected chi connectivity index (χ4v) is 2.55. The van der Waals surface area contributed by atoms with Crippen LogP contribution in [0.3, 0.4) is 0 Å². The van der Waals surface area contributed by atoms with Gasteiger partial charge in [0.2, 0.25) is 0 Å². The van der Waals surface area contributed by atoms with Gasteiger partial charge in [-0.25, -0.2) is 0 Å². The molecule has 0 aliphatic carbocycles. The average molecular weight is 223 g/mol. The smallest absolute Gasteiger partial charge is 0.0444 e. The van der Waals surface area contributed by atoms with Crippen molar-refractivity contribution >= 4 is 11.4 Å². The molecule has 0 radical (unpaired) electrons. The van der Waals surface area contributed by atoms with Crippen LogP contribution in [0, 0.1) is 0 Å². The second-order valence-electron chi connectivity index (χ2n) is 4.55. The quantitative estimate of drug-likeness (QED) is 0.745. The van der Waals surface area contributed by atoms with Crippen LogP contribution < -0.4 is 4.90 Å². The minimum absolute atomic E-state index is 1.10. The van der Waals surface area contributed by atoms with Crippen molar-refractivity contribution in [3.63, 3.8) is 0 Å². The van der Waals surface area contributed by atoms with Crippen LogP contribution in [0.5, 0.6) is 0 Å². The van der Waals surface area contributed by atoms with Crippen molar-refractivity contribution in [3.8, 4) is 0 Å². The second-order valence-corrected chi connectivity index (χ2v) is 4.55. The van der Waals surface area contributed by atoms with Crippen LogP contribution in [-0.2, 0) is 12.8 Å². The molecule has 0 atom stereocenters. The van der Waals surface area contributed by atoms with Crippen LogP contribution in [0.1, 0.15) is 18.1 Å². The van der Waals surface area contributed by atoms with Gasteiger partial charge in [-0.05, 0) is 42.2 Å². The van der Waals surface area contributed by atoms with Gasteiger partial charge in [-0.2, -0.15) is 0 Å². The maximum absolute atomic E-state index is 2.43. The molecular formula is C16H17N. The highest BCUT2D eigenvalue weighted by molar-refractivity contribution is 5.70. The molecule has 0 aromatic heterocycles. The number of anilines is 2. The zero-order chi connectivity index (χ0) is 11.7. The molecular weight excluding hydrogens is 206 g/mol. The molecule has 0 fully saturated rings. The number of hydrogen-bond donors (Lipinski definition) is 0. The molecule has 1 heteroatoms. The van der Waals surface area contributed by atoms with E-state index in [-0.39, 0.29) is 0 Å². The molecule has 0 saturated heterocycles. The molecule has 0 unspecified atom stereocenters. The topological polar surface area (TPSA) is 3.24 Å². The summed E-state index contributed by atoms with van der Waals surface area (Å²) in [6, 6.07) is 17.6. The van der Waals surface area contributed by atoms with Crippen molar-refractivity contribution in [1.82, 2.24) is 0 Å². The highest BCUT2D eigenvalue weighted by Gasteiger charge is 2.19. The van der Waals surface area contributed by atoms with E-state index in [0.717, 1.165) is 19.4 Å². The van der Waals surface area contributed by atoms with E-state index in [2.05, 4.69) is 60.4 Å². The molecule has 0 amide bonds. The molecule has 2 aromatic rings. The lowest BCUT2D eigenvalue weighted by Crippen LogP contribution is -2.13. The highest BCUT2D eigenvalue weighted by Crippen LogP contribution is 2.34. The number of aryl methyl sites for hydroxylation is 1. The summed E-state index contributed by atoms with van der Waals surface area (Å²) < 4.78 is 0. The maximum atomic E-state index is 2.43. The number of nitrogens with zero attached hydrogens (tertiary/aromatic N) is 1. The summed E-state index contributed by atoms with van der Waals surface area (Å²) >= 11 is 0. The third-order valence-electron chi connectivity index (χ3n) is 3.52. The Balaban J connectivity index is 2.01. The Hall–Kier alpha value is -1.76. The van der Waals surface area contributed by atoms with E-state index in [0.29, 0.717) is 0 Å². The molecule has 1 nitrogen and oxygen atoms in total. The van der Waals surface area contributed by atoms with E-state index in [1.807, 2.05) is 0 Å². The monoisotopic (exact) mass is 223 g/mol. The van der Waals surface area contributed by atoms with Gasteiger partial charge in [-0.15, -0.1) is 0 Å². The van der Waals surface area contributed by atoms with Crippen LogP contribution in [0.15, 0.2) is 48.5 Å². The van der Waals surface area contributed by atoms with Gasteiger partial charge >= 0.3 is 0 Å². The summed E-state index contributed by atoms with van der Waals surface area (Å²) in [5.74, 6) is 0. The van der Waals surface area contributed by atoms with E-state index in [1.54, 1.807) is 0 Å². The number of para-hydroxylation sites is 1. The molecule has 17 heavy (non-hydrogen) atoms. The Bertz CT molecular complexity index is 531. The largest absolute Gasteiger partial charge is 0.341 e. The predicted molar refractivity (Wildman–Crippen MR) is 73.0 cm³/mol. The zero-order valence-corrected chi connectivity index (χ0v) is 10.2. The van der Waals surface area contributed by atoms with Crippen molar-refractivity contribution in [2.45, 2.75) is 19.8 Å². The highest BCUT2D eigenvalue weighted by atomic mass is 15.2. The lowest BCUT2D eigenvalue weighted by molar-refractivity contribution is 0.994. The summed E-state index contributed by atoms with van der Waals surface area (Å²) in [5.41, 5.74) is 5.58. The van der Waals surface area contributed by atoms with Gasteiger partial charge in [0, 0.05) is 17.9 Å². The molecule has 0 bridgehead atoms. The minimum atomic E-state index is 1.10. The van der Waals surface area contributed by atoms with Gasteiger partial charge < -0.3 is 4.90 Å². The van der Waals surface area contributed by atoms with Crippen molar-refractivity contribution < 1.29 is 0 Å². The van der Waals surface area contributed by atoms with Crippen molar-refractivity contribution in [2.24, 2.45) is 0 Å². The maximum Gasteiger partial charge on any atom is 0.0444 e. The van der Waals surface area contributed by atoms with Crippen LogP contribution in [-0.4, -0.2) is 6.54 Å². The number of hydrogen-bond acceptors (Lipinski definition) is 1. The molecule has 0 N–H and O–H groups in total. The van der Waals surface area contributed by atoms with E-state index < -0.39 is 0 Å². The molecule has 2 aromatic carbocycles. The first kappa shape index (κ1) is 10.4. The Morgan fingerprint density at radius 1 is 1.06 bits per heavy atom. The van der Waals surface area contributed by atoms with E-state index in [4.69, 9.17) is 0 Å². The summed E-state index contributed by atoms with van der Waals surface area (Å²) in [7, 11) is 0. The van der Waals surface area contributed by atoms with Crippen molar-refractivity contribution in [1.29, 1.82) is 0 Å². The van der Waals surface area contributed by atoms with Gasteiger partial charge in [-0.1, -0.05) is 37.3 Å². The molecule has 1 aliphatic rings. The Morgan fingerprint density at radius 3 is 2.82 bits per heavy atom. The summed E-state index contributed by atoms with van der Waals surface area (Å²) in [4.78, 5) is 2.43. The Labute approximate surface area is 103 Å². The summed E-state index contributed by atoms with van der Waals surface area (Å²) in [5, 5.41) is 0. The average Bonchev–Trinajstić information content (AvgIpc) is 2.82. The van der Waals surface area contributed by atoms with Gasteiger partial charge in [-0.3, -0.25) is 0 Å². The number of benzene rings is 2. The van der Waals surface area contributed by atoms with Crippen LogP contribution in [0.25, 0.3) is 0 Å². The summed E-state index contributed by atoms with van der Waals surface area (Å²) in [6.07, 6.45) is 2.26. The van der Waals surface area contributed by atoms with Crippen molar-refractivity contribution in [3.05, 3.63) is 59.7 Å². The lowest BCUT2D eigenvalue weighted by atomic mass is 10.1. The first-order valence-corrected chi connectivity index (χ1v) is 6.33.